The van der Waals surface area contributed by atoms with Crippen molar-refractivity contribution in [2.75, 3.05) is 0 Å². The van der Waals surface area contributed by atoms with Crippen LogP contribution in [0.15, 0.2) is 102 Å². The van der Waals surface area contributed by atoms with Crippen LogP contribution in [0, 0.1) is 5.41 Å². The van der Waals surface area contributed by atoms with Gasteiger partial charge in [-0.15, -0.1) is 0 Å². The monoisotopic (exact) mass is 457 g/mol. The van der Waals surface area contributed by atoms with Crippen molar-refractivity contribution in [2.24, 2.45) is 10.9 Å². The van der Waals surface area contributed by atoms with Crippen molar-refractivity contribution in [3.8, 4) is 28.0 Å². The fourth-order valence-corrected chi connectivity index (χ4v) is 4.32. The highest BCUT2D eigenvalue weighted by Crippen LogP contribution is 2.28. The Hall–Kier alpha value is -3.94. The van der Waals surface area contributed by atoms with Crippen LogP contribution < -0.4 is 15.6 Å². The molecule has 0 aliphatic carbocycles. The van der Waals surface area contributed by atoms with Crippen LogP contribution in [0.3, 0.4) is 0 Å². The van der Waals surface area contributed by atoms with E-state index in [0.29, 0.717) is 23.5 Å². The molecule has 5 N–H and O–H groups in total. The lowest BCUT2D eigenvalue weighted by atomic mass is 10.0. The largest absolute Gasteiger partial charge is 0.489 e. The number of nitrogens with two attached hydrogens (primary N) is 2. The fraction of sp³-hybridized carbons (Fsp3) is 0.0385. The number of nitrogen functional groups attached to an aromatic ring is 1. The number of sulfonamides is 1. The van der Waals surface area contributed by atoms with Crippen molar-refractivity contribution in [1.82, 2.24) is 0 Å². The van der Waals surface area contributed by atoms with E-state index in [1.807, 2.05) is 60.7 Å². The van der Waals surface area contributed by atoms with Crippen LogP contribution in [0.5, 0.6) is 5.75 Å². The van der Waals surface area contributed by atoms with Gasteiger partial charge in [0, 0.05) is 11.1 Å². The second-order valence-corrected chi connectivity index (χ2v) is 9.08. The van der Waals surface area contributed by atoms with Crippen molar-refractivity contribution < 1.29 is 13.2 Å². The van der Waals surface area contributed by atoms with E-state index in [2.05, 4.69) is 0 Å². The molecule has 4 rings (SSSR count). The summed E-state index contributed by atoms with van der Waals surface area (Å²) >= 11 is 0. The molecular formula is C26H23N3O3S. The van der Waals surface area contributed by atoms with E-state index in [0.717, 1.165) is 22.3 Å². The van der Waals surface area contributed by atoms with E-state index in [-0.39, 0.29) is 10.7 Å². The van der Waals surface area contributed by atoms with Crippen molar-refractivity contribution in [1.29, 1.82) is 5.41 Å². The van der Waals surface area contributed by atoms with Crippen molar-refractivity contribution in [3.63, 3.8) is 0 Å². The van der Waals surface area contributed by atoms with Gasteiger partial charge in [-0.1, -0.05) is 66.7 Å². The Balaban J connectivity index is 1.50. The quantitative estimate of drug-likeness (QED) is 0.279. The minimum absolute atomic E-state index is 0.0338. The number of rotatable bonds is 7. The van der Waals surface area contributed by atoms with Crippen molar-refractivity contribution >= 4 is 15.9 Å². The number of primary sulfonamides is 1. The number of benzene rings is 4. The normalized spacial score (nSPS) is 11.2. The molecule has 0 saturated carbocycles. The summed E-state index contributed by atoms with van der Waals surface area (Å²) in [5.41, 5.74) is 10.5. The van der Waals surface area contributed by atoms with Gasteiger partial charge in [-0.3, -0.25) is 5.41 Å². The Labute approximate surface area is 193 Å². The molecule has 0 saturated heterocycles. The van der Waals surface area contributed by atoms with E-state index < -0.39 is 10.0 Å². The first-order chi connectivity index (χ1) is 15.8. The molecule has 0 radical (unpaired) electrons. The van der Waals surface area contributed by atoms with Crippen LogP contribution in [-0.4, -0.2) is 14.3 Å². The first-order valence-electron chi connectivity index (χ1n) is 10.2. The Morgan fingerprint density at radius 1 is 0.788 bits per heavy atom. The number of nitrogens with one attached hydrogen (secondary N) is 1. The van der Waals surface area contributed by atoms with E-state index in [1.165, 1.54) is 6.07 Å². The second-order valence-electron chi connectivity index (χ2n) is 7.55. The minimum atomic E-state index is -3.82. The summed E-state index contributed by atoms with van der Waals surface area (Å²) in [4.78, 5) is 0.0873. The van der Waals surface area contributed by atoms with Gasteiger partial charge in [0.2, 0.25) is 10.0 Å². The summed E-state index contributed by atoms with van der Waals surface area (Å²) in [5.74, 6) is 0.697. The van der Waals surface area contributed by atoms with Gasteiger partial charge in [-0.05, 0) is 52.6 Å². The molecule has 0 fully saturated rings. The van der Waals surface area contributed by atoms with Gasteiger partial charge in [-0.2, -0.15) is 0 Å². The predicted molar refractivity (Wildman–Crippen MR) is 130 cm³/mol. The Kier molecular flexibility index (Phi) is 6.26. The fourth-order valence-electron chi connectivity index (χ4n) is 3.56. The number of hydrogen-bond acceptors (Lipinski definition) is 4. The third-order valence-corrected chi connectivity index (χ3v) is 6.17. The van der Waals surface area contributed by atoms with Crippen LogP contribution >= 0.6 is 0 Å². The maximum atomic E-state index is 11.9. The molecule has 4 aromatic carbocycles. The lowest BCUT2D eigenvalue weighted by molar-refractivity contribution is 0.306. The average molecular weight is 458 g/mol. The summed E-state index contributed by atoms with van der Waals surface area (Å²) in [6.07, 6.45) is 0. The van der Waals surface area contributed by atoms with Crippen LogP contribution in [0.2, 0.25) is 0 Å². The maximum Gasteiger partial charge on any atom is 0.238 e. The molecule has 0 aliphatic rings. The summed E-state index contributed by atoms with van der Waals surface area (Å²) in [7, 11) is -3.82. The first-order valence-corrected chi connectivity index (χ1v) is 11.7. The molecule has 0 unspecified atom stereocenters. The van der Waals surface area contributed by atoms with E-state index in [4.69, 9.17) is 21.0 Å². The molecule has 0 spiro atoms. The van der Waals surface area contributed by atoms with E-state index in [9.17, 15) is 8.42 Å². The van der Waals surface area contributed by atoms with Gasteiger partial charge in [0.25, 0.3) is 0 Å². The average Bonchev–Trinajstić information content (AvgIpc) is 2.83. The maximum absolute atomic E-state index is 11.9. The molecule has 0 heterocycles. The topological polar surface area (TPSA) is 119 Å². The summed E-state index contributed by atoms with van der Waals surface area (Å²) in [5, 5.41) is 13.0. The van der Waals surface area contributed by atoms with Gasteiger partial charge in [0.05, 0.1) is 4.90 Å². The molecule has 7 heteroatoms. The molecule has 0 aromatic heterocycles. The SMILES string of the molecule is N=C(N)c1cccc(-c2cccc(COc3ccc(-c4ccccc4S(N)(=O)=O)cc3)c2)c1. The van der Waals surface area contributed by atoms with Gasteiger partial charge in [0.1, 0.15) is 18.2 Å². The summed E-state index contributed by atoms with van der Waals surface area (Å²) in [6.45, 7) is 0.368. The molecule has 4 aromatic rings. The van der Waals surface area contributed by atoms with Crippen molar-refractivity contribution in [3.05, 3.63) is 108 Å². The van der Waals surface area contributed by atoms with Crippen LogP contribution in [0.4, 0.5) is 0 Å². The molecule has 0 atom stereocenters. The number of amidine groups is 1. The lowest BCUT2D eigenvalue weighted by Crippen LogP contribution is -2.13. The van der Waals surface area contributed by atoms with E-state index in [1.54, 1.807) is 30.3 Å². The Morgan fingerprint density at radius 3 is 2.15 bits per heavy atom. The highest BCUT2D eigenvalue weighted by atomic mass is 32.2. The predicted octanol–water partition coefficient (Wildman–Crippen LogP) is 4.53. The van der Waals surface area contributed by atoms with Crippen molar-refractivity contribution in [2.45, 2.75) is 11.5 Å². The summed E-state index contributed by atoms with van der Waals surface area (Å²) in [6, 6.07) is 29.4. The molecule has 166 valence electrons. The van der Waals surface area contributed by atoms with Gasteiger partial charge < -0.3 is 10.5 Å². The Bertz CT molecular complexity index is 1410. The molecule has 0 bridgehead atoms. The second kappa shape index (κ2) is 9.28. The third kappa shape index (κ3) is 5.28. The molecular weight excluding hydrogens is 434 g/mol. The van der Waals surface area contributed by atoms with E-state index >= 15 is 0 Å². The first kappa shape index (κ1) is 22.3. The van der Waals surface area contributed by atoms with Crippen LogP contribution in [0.25, 0.3) is 22.3 Å². The zero-order chi connectivity index (χ0) is 23.4. The lowest BCUT2D eigenvalue weighted by Gasteiger charge is -2.11. The number of hydrogen-bond donors (Lipinski definition) is 3. The van der Waals surface area contributed by atoms with Gasteiger partial charge in [0.15, 0.2) is 0 Å². The van der Waals surface area contributed by atoms with Gasteiger partial charge >= 0.3 is 0 Å². The smallest absolute Gasteiger partial charge is 0.238 e. The highest BCUT2D eigenvalue weighted by molar-refractivity contribution is 7.89. The molecule has 0 amide bonds. The molecule has 0 aliphatic heterocycles. The van der Waals surface area contributed by atoms with Gasteiger partial charge in [-0.25, -0.2) is 13.6 Å². The highest BCUT2D eigenvalue weighted by Gasteiger charge is 2.14. The standard InChI is InChI=1S/C26H23N3O3S/c27-26(28)22-8-4-7-21(16-22)20-6-3-5-18(15-20)17-32-23-13-11-19(12-14-23)24-9-1-2-10-25(24)33(29,30)31/h1-16H,17H2,(H3,27,28)(H2,29,30,31). The Morgan fingerprint density at radius 2 is 1.45 bits per heavy atom. The molecule has 33 heavy (non-hydrogen) atoms. The summed E-state index contributed by atoms with van der Waals surface area (Å²) < 4.78 is 29.7. The zero-order valence-corrected chi connectivity index (χ0v) is 18.5. The number of ether oxygens (including phenoxy) is 1. The minimum Gasteiger partial charge on any atom is -0.489 e. The third-order valence-electron chi connectivity index (χ3n) is 5.20. The van der Waals surface area contributed by atoms with Crippen LogP contribution in [0.1, 0.15) is 11.1 Å². The zero-order valence-electron chi connectivity index (χ0n) is 17.7. The van der Waals surface area contributed by atoms with Crippen LogP contribution in [-0.2, 0) is 16.6 Å². The molecule has 6 nitrogen and oxygen atoms in total.